The van der Waals surface area contributed by atoms with Crippen LogP contribution in [0.15, 0.2) is 24.5 Å². The number of hydrogen-bond acceptors (Lipinski definition) is 3. The van der Waals surface area contributed by atoms with Crippen molar-refractivity contribution in [2.75, 3.05) is 6.54 Å². The number of hydrogen-bond donors (Lipinski definition) is 2. The van der Waals surface area contributed by atoms with E-state index in [1.807, 2.05) is 12.1 Å². The quantitative estimate of drug-likeness (QED) is 0.876. The van der Waals surface area contributed by atoms with Gasteiger partial charge in [-0.3, -0.25) is 9.78 Å². The molecule has 1 aliphatic rings. The first kappa shape index (κ1) is 14.3. The van der Waals surface area contributed by atoms with Crippen LogP contribution in [0.1, 0.15) is 31.2 Å². The molecule has 0 saturated carbocycles. The van der Waals surface area contributed by atoms with Gasteiger partial charge >= 0.3 is 12.0 Å². The highest BCUT2D eigenvalue weighted by Crippen LogP contribution is 2.19. The molecule has 2 N–H and O–H groups in total. The second kappa shape index (κ2) is 6.88. The van der Waals surface area contributed by atoms with Crippen LogP contribution in [0.2, 0.25) is 0 Å². The van der Waals surface area contributed by atoms with Crippen LogP contribution in [-0.2, 0) is 11.3 Å². The molecule has 0 aliphatic carbocycles. The summed E-state index contributed by atoms with van der Waals surface area (Å²) in [4.78, 5) is 28.6. The first-order valence-electron chi connectivity index (χ1n) is 6.82. The van der Waals surface area contributed by atoms with E-state index < -0.39 is 5.97 Å². The average molecular weight is 277 g/mol. The topological polar surface area (TPSA) is 82.5 Å². The molecule has 1 saturated heterocycles. The highest BCUT2D eigenvalue weighted by atomic mass is 16.4. The molecule has 20 heavy (non-hydrogen) atoms. The minimum Gasteiger partial charge on any atom is -0.481 e. The molecule has 108 valence electrons. The number of rotatable bonds is 4. The molecule has 0 radical (unpaired) electrons. The van der Waals surface area contributed by atoms with Crippen LogP contribution in [0, 0.1) is 0 Å². The van der Waals surface area contributed by atoms with Crippen molar-refractivity contribution in [3.63, 3.8) is 0 Å². The lowest BCUT2D eigenvalue weighted by Crippen LogP contribution is -2.49. The Morgan fingerprint density at radius 3 is 2.80 bits per heavy atom. The second-order valence-electron chi connectivity index (χ2n) is 4.96. The summed E-state index contributed by atoms with van der Waals surface area (Å²) in [5, 5.41) is 11.7. The van der Waals surface area contributed by atoms with Crippen molar-refractivity contribution < 1.29 is 14.7 Å². The largest absolute Gasteiger partial charge is 0.481 e. The molecule has 2 amide bonds. The number of likely N-dealkylation sites (tertiary alicyclic amines) is 1. The number of nitrogens with zero attached hydrogens (tertiary/aromatic N) is 2. The minimum absolute atomic E-state index is 0.0165. The molecule has 1 aromatic rings. The second-order valence-corrected chi connectivity index (χ2v) is 4.96. The van der Waals surface area contributed by atoms with E-state index in [1.54, 1.807) is 17.3 Å². The lowest BCUT2D eigenvalue weighted by molar-refractivity contribution is -0.138. The van der Waals surface area contributed by atoms with Crippen molar-refractivity contribution in [1.82, 2.24) is 15.2 Å². The van der Waals surface area contributed by atoms with Crippen LogP contribution in [0.5, 0.6) is 0 Å². The summed E-state index contributed by atoms with van der Waals surface area (Å²) < 4.78 is 0. The first-order chi connectivity index (χ1) is 9.66. The predicted molar refractivity (Wildman–Crippen MR) is 73.1 cm³/mol. The number of urea groups is 1. The number of aliphatic carboxylic acids is 1. The van der Waals surface area contributed by atoms with Crippen LogP contribution in [0.25, 0.3) is 0 Å². The van der Waals surface area contributed by atoms with E-state index in [-0.39, 0.29) is 18.5 Å². The number of aromatic nitrogens is 1. The third-order valence-corrected chi connectivity index (χ3v) is 3.49. The van der Waals surface area contributed by atoms with E-state index in [2.05, 4.69) is 10.3 Å². The van der Waals surface area contributed by atoms with Gasteiger partial charge in [0.05, 0.1) is 6.42 Å². The van der Waals surface area contributed by atoms with Gasteiger partial charge in [0.2, 0.25) is 0 Å². The molecule has 2 rings (SSSR count). The summed E-state index contributed by atoms with van der Waals surface area (Å²) in [5.41, 5.74) is 0.972. The Morgan fingerprint density at radius 2 is 2.10 bits per heavy atom. The van der Waals surface area contributed by atoms with Gasteiger partial charge in [0, 0.05) is 31.5 Å². The molecule has 1 aliphatic heterocycles. The van der Waals surface area contributed by atoms with Gasteiger partial charge in [-0.25, -0.2) is 4.79 Å². The van der Waals surface area contributed by atoms with Gasteiger partial charge < -0.3 is 15.3 Å². The number of pyridine rings is 1. The number of carboxylic acid groups (broad SMARTS) is 1. The monoisotopic (exact) mass is 277 g/mol. The molecule has 1 fully saturated rings. The Bertz CT molecular complexity index is 464. The molecule has 2 heterocycles. The predicted octanol–water partition coefficient (Wildman–Crippen LogP) is 1.62. The molecule has 1 unspecified atom stereocenters. The van der Waals surface area contributed by atoms with Gasteiger partial charge in [-0.2, -0.15) is 0 Å². The van der Waals surface area contributed by atoms with Crippen molar-refractivity contribution in [3.8, 4) is 0 Å². The zero-order chi connectivity index (χ0) is 14.4. The molecule has 1 atom stereocenters. The average Bonchev–Trinajstić information content (AvgIpc) is 2.46. The maximum absolute atomic E-state index is 12.2. The highest BCUT2D eigenvalue weighted by Gasteiger charge is 2.28. The molecule has 0 bridgehead atoms. The summed E-state index contributed by atoms with van der Waals surface area (Å²) >= 11 is 0. The van der Waals surface area contributed by atoms with Crippen molar-refractivity contribution in [2.45, 2.75) is 38.3 Å². The van der Waals surface area contributed by atoms with Crippen molar-refractivity contribution in [2.24, 2.45) is 0 Å². The van der Waals surface area contributed by atoms with Crippen LogP contribution >= 0.6 is 0 Å². The first-order valence-corrected chi connectivity index (χ1v) is 6.82. The van der Waals surface area contributed by atoms with Gasteiger partial charge in [-0.05, 0) is 37.0 Å². The summed E-state index contributed by atoms with van der Waals surface area (Å²) in [7, 11) is 0. The van der Waals surface area contributed by atoms with Crippen molar-refractivity contribution in [3.05, 3.63) is 30.1 Å². The van der Waals surface area contributed by atoms with Crippen molar-refractivity contribution >= 4 is 12.0 Å². The Kier molecular flexibility index (Phi) is 4.92. The Labute approximate surface area is 117 Å². The number of nitrogens with one attached hydrogen (secondary N) is 1. The molecular weight excluding hydrogens is 258 g/mol. The van der Waals surface area contributed by atoms with E-state index in [9.17, 15) is 9.59 Å². The Hall–Kier alpha value is -2.11. The number of amides is 2. The summed E-state index contributed by atoms with van der Waals surface area (Å²) in [6.45, 7) is 1.05. The zero-order valence-corrected chi connectivity index (χ0v) is 11.3. The van der Waals surface area contributed by atoms with Gasteiger partial charge in [-0.1, -0.05) is 0 Å². The number of carbonyl (C=O) groups is 2. The summed E-state index contributed by atoms with van der Waals surface area (Å²) in [5.74, 6) is -0.858. The van der Waals surface area contributed by atoms with E-state index in [4.69, 9.17) is 5.11 Å². The number of carbonyl (C=O) groups excluding carboxylic acids is 1. The third kappa shape index (κ3) is 3.94. The number of carboxylic acids is 1. The highest BCUT2D eigenvalue weighted by molar-refractivity contribution is 5.76. The van der Waals surface area contributed by atoms with Gasteiger partial charge in [0.25, 0.3) is 0 Å². The van der Waals surface area contributed by atoms with Crippen LogP contribution in [0.4, 0.5) is 4.79 Å². The molecular formula is C14H19N3O3. The van der Waals surface area contributed by atoms with Crippen LogP contribution in [0.3, 0.4) is 0 Å². The zero-order valence-electron chi connectivity index (χ0n) is 11.3. The molecule has 0 spiro atoms. The van der Waals surface area contributed by atoms with E-state index >= 15 is 0 Å². The van der Waals surface area contributed by atoms with Crippen LogP contribution < -0.4 is 5.32 Å². The van der Waals surface area contributed by atoms with E-state index in [1.165, 1.54) is 0 Å². The van der Waals surface area contributed by atoms with Gasteiger partial charge in [0.1, 0.15) is 0 Å². The minimum atomic E-state index is -0.858. The fourth-order valence-corrected chi connectivity index (χ4v) is 2.46. The molecule has 6 heteroatoms. The fraction of sp³-hybridized carbons (Fsp3) is 0.500. The molecule has 1 aromatic heterocycles. The smallest absolute Gasteiger partial charge is 0.317 e. The molecule has 6 nitrogen and oxygen atoms in total. The summed E-state index contributed by atoms with van der Waals surface area (Å²) in [6.07, 6.45) is 6.04. The van der Waals surface area contributed by atoms with E-state index in [0.717, 1.165) is 24.8 Å². The fourth-order valence-electron chi connectivity index (χ4n) is 2.46. The lowest BCUT2D eigenvalue weighted by atomic mass is 10.00. The van der Waals surface area contributed by atoms with Gasteiger partial charge in [-0.15, -0.1) is 0 Å². The Balaban J connectivity index is 1.90. The Morgan fingerprint density at radius 1 is 1.35 bits per heavy atom. The van der Waals surface area contributed by atoms with Crippen LogP contribution in [-0.4, -0.2) is 39.6 Å². The van der Waals surface area contributed by atoms with Gasteiger partial charge in [0.15, 0.2) is 0 Å². The van der Waals surface area contributed by atoms with E-state index in [0.29, 0.717) is 13.1 Å². The standard InChI is InChI=1S/C14H19N3O3/c18-13(19)9-12-3-1-2-8-17(12)14(20)16-10-11-4-6-15-7-5-11/h4-7,12H,1-3,8-10H2,(H,16,20)(H,18,19). The maximum Gasteiger partial charge on any atom is 0.317 e. The van der Waals surface area contributed by atoms with Crippen molar-refractivity contribution in [1.29, 1.82) is 0 Å². The lowest BCUT2D eigenvalue weighted by Gasteiger charge is -2.34. The number of piperidine rings is 1. The summed E-state index contributed by atoms with van der Waals surface area (Å²) in [6, 6.07) is 3.29. The normalized spacial score (nSPS) is 18.6. The SMILES string of the molecule is O=C(O)CC1CCCCN1C(=O)NCc1ccncc1. The maximum atomic E-state index is 12.2. The molecule has 0 aromatic carbocycles. The third-order valence-electron chi connectivity index (χ3n) is 3.49.